The van der Waals surface area contributed by atoms with E-state index in [1.54, 1.807) is 0 Å². The van der Waals surface area contributed by atoms with Crippen LogP contribution < -0.4 is 24.0 Å². The van der Waals surface area contributed by atoms with Crippen molar-refractivity contribution in [2.24, 2.45) is 0 Å². The fraction of sp³-hybridized carbons (Fsp3) is 0. The van der Waals surface area contributed by atoms with Crippen LogP contribution in [0.2, 0.25) is 0 Å². The van der Waals surface area contributed by atoms with Crippen LogP contribution in [0.15, 0.2) is 0 Å². The summed E-state index contributed by atoms with van der Waals surface area (Å²) in [7, 11) is 0. The summed E-state index contributed by atoms with van der Waals surface area (Å²) >= 11 is 7.14. The van der Waals surface area contributed by atoms with Crippen LogP contribution in [0.4, 0.5) is 0 Å². The van der Waals surface area contributed by atoms with E-state index in [0.717, 1.165) is 0 Å². The Bertz CT molecular complexity index is 10.3. The third-order valence-electron chi connectivity index (χ3n) is 0. The molecule has 0 spiro atoms. The van der Waals surface area contributed by atoms with Crippen molar-refractivity contribution in [1.29, 1.82) is 0 Å². The van der Waals surface area contributed by atoms with E-state index in [1.807, 2.05) is 0 Å². The quantitative estimate of drug-likeness (QED) is 0.306. The maximum Gasteiger partial charge on any atom is 3.00 e. The molecule has 0 nitrogen and oxygen atoms in total. The molecule has 0 aliphatic rings. The number of hydrogen-bond donors (Lipinski definition) is 0. The molecule has 0 rings (SSSR count). The fourth-order valence-electron chi connectivity index (χ4n) is 0. The van der Waals surface area contributed by atoms with Gasteiger partial charge in [-0.2, -0.15) is 0 Å². The van der Waals surface area contributed by atoms with E-state index in [9.17, 15) is 0 Å². The Morgan fingerprint density at radius 2 is 1.00 bits per heavy atom. The van der Waals surface area contributed by atoms with E-state index >= 15 is 0 Å². The van der Waals surface area contributed by atoms with Gasteiger partial charge in [-0.15, -0.1) is 0 Å². The molecule has 0 atom stereocenters. The van der Waals surface area contributed by atoms with E-state index in [2.05, 4.69) is 66.1 Å². The van der Waals surface area contributed by atoms with Crippen molar-refractivity contribution in [1.82, 2.24) is 0 Å². The van der Waals surface area contributed by atoms with Crippen molar-refractivity contribution in [3.05, 3.63) is 0 Å². The van der Waals surface area contributed by atoms with Crippen molar-refractivity contribution >= 4 is 76.9 Å². The van der Waals surface area contributed by atoms with Crippen LogP contribution in [0.5, 0.6) is 0 Å². The average Bonchev–Trinajstić information content (AvgIpc) is 0.811. The maximum atomic E-state index is 2.38. The first-order valence-corrected chi connectivity index (χ1v) is 10.2. The van der Waals surface area contributed by atoms with Crippen LogP contribution >= 0.6 is 76.9 Å². The Balaban J connectivity index is -0.0000000450. The Labute approximate surface area is 98.6 Å². The molecule has 0 aliphatic carbocycles. The summed E-state index contributed by atoms with van der Waals surface area (Å²) in [5.41, 5.74) is 0. The van der Waals surface area contributed by atoms with Gasteiger partial charge >= 0.3 is 33.9 Å². The van der Waals surface area contributed by atoms with Gasteiger partial charge in [0.05, 0.1) is 0.849 Å². The number of rotatable bonds is 0. The Hall–Kier alpha value is 3.78. The third kappa shape index (κ3) is 25.0. The van der Waals surface area contributed by atoms with E-state index in [0.29, 0.717) is 0 Å². The van der Waals surface area contributed by atoms with E-state index < -0.39 is 0 Å². The normalized spacial score (nSPS) is 6.00. The van der Waals surface area contributed by atoms with Crippen molar-refractivity contribution in [2.75, 3.05) is 0 Å². The molecule has 34 valence electrons. The second-order valence-corrected chi connectivity index (χ2v) is 25.9. The van der Waals surface area contributed by atoms with Crippen molar-refractivity contribution in [2.45, 2.75) is 0 Å². The summed E-state index contributed by atoms with van der Waals surface area (Å²) in [6, 6.07) is 0. The predicted molar refractivity (Wildman–Crippen MR) is 55.9 cm³/mol. The van der Waals surface area contributed by atoms with Crippen molar-refractivity contribution in [3.63, 3.8) is 0 Å². The Morgan fingerprint density at radius 1 is 1.00 bits per heavy atom. The van der Waals surface area contributed by atoms with Gasteiger partial charge in [-0.1, -0.05) is 0 Å². The summed E-state index contributed by atoms with van der Waals surface area (Å²) in [5, 5.41) is 0. The summed E-state index contributed by atoms with van der Waals surface area (Å²) in [5.74, 6) is 0. The zero-order valence-electron chi connectivity index (χ0n) is 2.41. The number of halogens is 4. The Kier molecular flexibility index (Phi) is 31.6. The molecule has 0 aromatic heterocycles. The van der Waals surface area contributed by atoms with Crippen LogP contribution in [0.3, 0.4) is 0 Å². The monoisotopic (exact) mass is 570 g/mol. The maximum absolute atomic E-state index is 2.38. The average molecular weight is 570 g/mol. The standard InChI is InChI=1S/I3P.I.P/c1-4(2)3;;/q;+1;+3. The first-order valence-electron chi connectivity index (χ1n) is 0.507. The van der Waals surface area contributed by atoms with Gasteiger partial charge in [-0.3, -0.25) is 0 Å². The molecule has 6 heteroatoms. The van der Waals surface area contributed by atoms with Gasteiger partial charge in [0.1, 0.15) is 0 Å². The predicted octanol–water partition coefficient (Wildman–Crippen LogP) is 1.38. The van der Waals surface area contributed by atoms with Gasteiger partial charge < -0.3 is 0 Å². The minimum atomic E-state index is 0. The summed E-state index contributed by atoms with van der Waals surface area (Å²) < 4.78 is 0.290. The molecule has 0 unspecified atom stereocenters. The fourth-order valence-corrected chi connectivity index (χ4v) is 0. The zero-order chi connectivity index (χ0) is 3.58. The number of hydrogen-bond acceptors (Lipinski definition) is 0. The van der Waals surface area contributed by atoms with Gasteiger partial charge in [0.25, 0.3) is 0 Å². The molecular weight excluding hydrogens is 570 g/mol. The Morgan fingerprint density at radius 3 is 1.00 bits per heavy atom. The van der Waals surface area contributed by atoms with E-state index in [1.165, 1.54) is 0 Å². The molecule has 0 aliphatic heterocycles. The minimum Gasteiger partial charge on any atom is -0.0295 e. The van der Waals surface area contributed by atoms with Gasteiger partial charge in [0, 0.05) is 0 Å². The smallest absolute Gasteiger partial charge is 0.0295 e. The molecule has 0 fully saturated rings. The van der Waals surface area contributed by atoms with Gasteiger partial charge in [0.15, 0.2) is 0 Å². The zero-order valence-corrected chi connectivity index (χ0v) is 12.8. The molecule has 0 aromatic rings. The molecule has 0 bridgehead atoms. The van der Waals surface area contributed by atoms with Crippen LogP contribution in [0, 0.1) is 0 Å². The molecule has 0 aromatic carbocycles. The molecular formula is I4P2+4. The molecule has 0 saturated carbocycles. The van der Waals surface area contributed by atoms with Crippen LogP contribution in [0.25, 0.3) is 0 Å². The topological polar surface area (TPSA) is 0 Å². The third-order valence-corrected chi connectivity index (χ3v) is 0. The largest absolute Gasteiger partial charge is 3.00 e. The second kappa shape index (κ2) is 11.6. The molecule has 4 radical (unpaired) electrons. The minimum absolute atomic E-state index is 0. The molecule has 0 amide bonds. The molecule has 0 heterocycles. The van der Waals surface area contributed by atoms with Crippen molar-refractivity contribution < 1.29 is 24.0 Å². The summed E-state index contributed by atoms with van der Waals surface area (Å²) in [6.07, 6.45) is 0. The summed E-state index contributed by atoms with van der Waals surface area (Å²) in [4.78, 5) is 0. The SMILES string of the molecule is IP(I)I.[I+].[P+3]. The van der Waals surface area contributed by atoms with Gasteiger partial charge in [0.2, 0.25) is 0 Å². The van der Waals surface area contributed by atoms with Crippen LogP contribution in [-0.2, 0) is 0 Å². The first-order chi connectivity index (χ1) is 1.73. The second-order valence-electron chi connectivity index (χ2n) is 0.192. The van der Waals surface area contributed by atoms with Gasteiger partial charge in [-0.25, -0.2) is 0 Å². The molecule has 6 heavy (non-hydrogen) atoms. The first kappa shape index (κ1) is 16.4. The van der Waals surface area contributed by atoms with Crippen molar-refractivity contribution in [3.8, 4) is 0 Å². The molecule has 0 saturated heterocycles. The van der Waals surface area contributed by atoms with Crippen LogP contribution in [0.1, 0.15) is 0 Å². The van der Waals surface area contributed by atoms with E-state index in [-0.39, 0.29) is 34.7 Å². The molecule has 0 N–H and O–H groups in total. The van der Waals surface area contributed by atoms with Crippen LogP contribution in [-0.4, -0.2) is 0 Å². The van der Waals surface area contributed by atoms with E-state index in [4.69, 9.17) is 0 Å². The summed E-state index contributed by atoms with van der Waals surface area (Å²) in [6.45, 7) is 0. The van der Waals surface area contributed by atoms with Gasteiger partial charge in [-0.05, 0) is 66.1 Å².